The van der Waals surface area contributed by atoms with Gasteiger partial charge in [-0.25, -0.2) is 4.79 Å². The summed E-state index contributed by atoms with van der Waals surface area (Å²) in [5.74, 6) is 0. The molecule has 7 nitrogen and oxygen atoms in total. The van der Waals surface area contributed by atoms with Crippen LogP contribution in [0.5, 0.6) is 0 Å². The van der Waals surface area contributed by atoms with Gasteiger partial charge in [-0.15, -0.1) is 0 Å². The number of hydrogen-bond donors (Lipinski definition) is 1. The maximum atomic E-state index is 11.9. The Bertz CT molecular complexity index is 673. The molecule has 0 atom stereocenters. The molecule has 1 aromatic rings. The quantitative estimate of drug-likeness (QED) is 0.831. The first kappa shape index (κ1) is 19.2. The van der Waals surface area contributed by atoms with E-state index in [1.165, 1.54) is 0 Å². The summed E-state index contributed by atoms with van der Waals surface area (Å²) in [4.78, 5) is 11.9. The molecule has 8 heteroatoms. The van der Waals surface area contributed by atoms with Crippen molar-refractivity contribution in [2.75, 3.05) is 6.54 Å². The Morgan fingerprint density at radius 2 is 1.85 bits per heavy atom. The van der Waals surface area contributed by atoms with Gasteiger partial charge in [-0.2, -0.15) is 5.10 Å². The van der Waals surface area contributed by atoms with Crippen molar-refractivity contribution in [1.29, 1.82) is 0 Å². The van der Waals surface area contributed by atoms with Crippen LogP contribution in [0.25, 0.3) is 0 Å². The average Bonchev–Trinajstić information content (AvgIpc) is 3.01. The number of rotatable bonds is 4. The smallest absolute Gasteiger partial charge is 0.444 e. The molecule has 1 aliphatic carbocycles. The number of alkyl carbamates (subject to hydrolysis) is 1. The van der Waals surface area contributed by atoms with Crippen molar-refractivity contribution in [3.8, 4) is 0 Å². The van der Waals surface area contributed by atoms with Gasteiger partial charge >= 0.3 is 13.2 Å². The molecule has 1 aromatic heterocycles. The van der Waals surface area contributed by atoms with Crippen molar-refractivity contribution >= 4 is 18.7 Å². The molecule has 0 bridgehead atoms. The first-order chi connectivity index (χ1) is 11.8. The van der Waals surface area contributed by atoms with Crippen molar-refractivity contribution in [1.82, 2.24) is 15.1 Å². The molecular formula is C18H30BN3O4. The van der Waals surface area contributed by atoms with Gasteiger partial charge in [0.05, 0.1) is 16.7 Å². The summed E-state index contributed by atoms with van der Waals surface area (Å²) in [6.45, 7) is 14.2. The summed E-state index contributed by atoms with van der Waals surface area (Å²) in [6, 6.07) is 0. The summed E-state index contributed by atoms with van der Waals surface area (Å²) in [6.07, 6.45) is 5.28. The standard InChI is InChI=1S/C18H30BN3O4/c1-15(2,3)24-14(23)20-12-18(8-9-18)22-11-13(10-21-22)19-25-16(4,5)17(6,7)26-19/h10-11H,8-9,12H2,1-7H3,(H,20,23). The van der Waals surface area contributed by atoms with Crippen LogP contribution in [0.3, 0.4) is 0 Å². The SMILES string of the molecule is CC(C)(C)OC(=O)NCC1(n2cc(B3OC(C)(C)C(C)(C)O3)cn2)CC1. The maximum absolute atomic E-state index is 11.9. The highest BCUT2D eigenvalue weighted by Crippen LogP contribution is 2.42. The third-order valence-corrected chi connectivity index (χ3v) is 5.40. The Kier molecular flexibility index (Phi) is 4.43. The molecule has 1 saturated heterocycles. The fourth-order valence-electron chi connectivity index (χ4n) is 2.88. The normalized spacial score (nSPS) is 23.0. The van der Waals surface area contributed by atoms with E-state index in [0.717, 1.165) is 18.3 Å². The van der Waals surface area contributed by atoms with Crippen molar-refractivity contribution in [3.05, 3.63) is 12.4 Å². The fourth-order valence-corrected chi connectivity index (χ4v) is 2.88. The lowest BCUT2D eigenvalue weighted by molar-refractivity contribution is 0.00578. The second-order valence-corrected chi connectivity index (χ2v) is 9.39. The minimum Gasteiger partial charge on any atom is -0.444 e. The molecule has 144 valence electrons. The Morgan fingerprint density at radius 1 is 1.27 bits per heavy atom. The van der Waals surface area contributed by atoms with Crippen LogP contribution < -0.4 is 10.8 Å². The summed E-state index contributed by atoms with van der Waals surface area (Å²) in [7, 11) is -0.427. The molecule has 2 heterocycles. The van der Waals surface area contributed by atoms with Crippen molar-refractivity contribution in [3.63, 3.8) is 0 Å². The van der Waals surface area contributed by atoms with E-state index in [4.69, 9.17) is 14.0 Å². The van der Waals surface area contributed by atoms with E-state index in [9.17, 15) is 4.79 Å². The minimum atomic E-state index is -0.504. The highest BCUT2D eigenvalue weighted by molar-refractivity contribution is 6.62. The topological polar surface area (TPSA) is 74.6 Å². The van der Waals surface area contributed by atoms with Crippen molar-refractivity contribution in [2.24, 2.45) is 0 Å². The number of carbonyl (C=O) groups excluding carboxylic acids is 1. The molecule has 1 amide bonds. The Morgan fingerprint density at radius 3 is 2.35 bits per heavy atom. The average molecular weight is 363 g/mol. The van der Waals surface area contributed by atoms with E-state index in [1.807, 2.05) is 59.3 Å². The molecular weight excluding hydrogens is 333 g/mol. The van der Waals surface area contributed by atoms with Crippen LogP contribution in [0, 0.1) is 0 Å². The highest BCUT2D eigenvalue weighted by atomic mass is 16.7. The predicted molar refractivity (Wildman–Crippen MR) is 99.4 cm³/mol. The molecule has 0 radical (unpaired) electrons. The van der Waals surface area contributed by atoms with E-state index in [1.54, 1.807) is 6.20 Å². The molecule has 26 heavy (non-hydrogen) atoms. The summed E-state index contributed by atoms with van der Waals surface area (Å²) >= 11 is 0. The molecule has 1 N–H and O–H groups in total. The van der Waals surface area contributed by atoms with E-state index < -0.39 is 18.8 Å². The van der Waals surface area contributed by atoms with Crippen molar-refractivity contribution in [2.45, 2.75) is 83.6 Å². The Balaban J connectivity index is 1.64. The predicted octanol–water partition coefficient (Wildman–Crippen LogP) is 2.20. The molecule has 1 saturated carbocycles. The Hall–Kier alpha value is -1.54. The van der Waals surface area contributed by atoms with Gasteiger partial charge in [0.1, 0.15) is 5.60 Å². The number of nitrogens with one attached hydrogen (secondary N) is 1. The highest BCUT2D eigenvalue weighted by Gasteiger charge is 2.53. The first-order valence-corrected chi connectivity index (χ1v) is 9.21. The van der Waals surface area contributed by atoms with Gasteiger partial charge in [-0.3, -0.25) is 4.68 Å². The molecule has 0 spiro atoms. The number of carbonyl (C=O) groups is 1. The number of amides is 1. The van der Waals surface area contributed by atoms with Gasteiger partial charge in [0, 0.05) is 24.4 Å². The van der Waals surface area contributed by atoms with Gasteiger partial charge in [0.15, 0.2) is 0 Å². The third kappa shape index (κ3) is 3.76. The number of nitrogens with zero attached hydrogens (tertiary/aromatic N) is 2. The largest absolute Gasteiger partial charge is 0.498 e. The lowest BCUT2D eigenvalue weighted by Crippen LogP contribution is -2.41. The van der Waals surface area contributed by atoms with Crippen LogP contribution in [0.2, 0.25) is 0 Å². The number of aromatic nitrogens is 2. The van der Waals surface area contributed by atoms with Gasteiger partial charge in [-0.1, -0.05) is 0 Å². The first-order valence-electron chi connectivity index (χ1n) is 9.21. The van der Waals surface area contributed by atoms with Crippen LogP contribution in [0.4, 0.5) is 4.79 Å². The van der Waals surface area contributed by atoms with E-state index in [-0.39, 0.29) is 16.7 Å². The van der Waals surface area contributed by atoms with E-state index in [2.05, 4.69) is 10.4 Å². The van der Waals surface area contributed by atoms with Crippen LogP contribution in [0.15, 0.2) is 12.4 Å². The van der Waals surface area contributed by atoms with Crippen molar-refractivity contribution < 1.29 is 18.8 Å². The molecule has 2 aliphatic rings. The van der Waals surface area contributed by atoms with Crippen LogP contribution in [0.1, 0.15) is 61.3 Å². The van der Waals surface area contributed by atoms with E-state index >= 15 is 0 Å². The zero-order chi connectivity index (χ0) is 19.4. The fraction of sp³-hybridized carbons (Fsp3) is 0.778. The van der Waals surface area contributed by atoms with Gasteiger partial charge in [0.25, 0.3) is 0 Å². The van der Waals surface area contributed by atoms with E-state index in [0.29, 0.717) is 6.54 Å². The van der Waals surface area contributed by atoms with Crippen LogP contribution in [-0.4, -0.2) is 46.3 Å². The number of hydrogen-bond acceptors (Lipinski definition) is 5. The second-order valence-electron chi connectivity index (χ2n) is 9.39. The molecule has 0 unspecified atom stereocenters. The molecule has 0 aromatic carbocycles. The molecule has 3 rings (SSSR count). The maximum Gasteiger partial charge on any atom is 0.498 e. The lowest BCUT2D eigenvalue weighted by Gasteiger charge is -2.32. The third-order valence-electron chi connectivity index (χ3n) is 5.40. The summed E-state index contributed by atoms with van der Waals surface area (Å²) < 4.78 is 19.4. The minimum absolute atomic E-state index is 0.182. The molecule has 1 aliphatic heterocycles. The zero-order valence-electron chi connectivity index (χ0n) is 16.9. The summed E-state index contributed by atoms with van der Waals surface area (Å²) in [5, 5.41) is 7.37. The monoisotopic (exact) mass is 363 g/mol. The van der Waals surface area contributed by atoms with Crippen LogP contribution >= 0.6 is 0 Å². The van der Waals surface area contributed by atoms with Gasteiger partial charge in [0.2, 0.25) is 0 Å². The summed E-state index contributed by atoms with van der Waals surface area (Å²) in [5.41, 5.74) is -0.549. The van der Waals surface area contributed by atoms with Gasteiger partial charge in [-0.05, 0) is 61.3 Å². The van der Waals surface area contributed by atoms with Crippen LogP contribution in [-0.2, 0) is 19.6 Å². The second kappa shape index (κ2) is 5.99. The lowest BCUT2D eigenvalue weighted by atomic mass is 9.82. The number of ether oxygens (including phenoxy) is 1. The Labute approximate surface area is 155 Å². The van der Waals surface area contributed by atoms with Gasteiger partial charge < -0.3 is 19.4 Å². The zero-order valence-corrected chi connectivity index (χ0v) is 16.9. The molecule has 2 fully saturated rings.